The lowest BCUT2D eigenvalue weighted by Crippen LogP contribution is -2.37. The van der Waals surface area contributed by atoms with E-state index in [1.54, 1.807) is 48.2 Å². The van der Waals surface area contributed by atoms with Crippen LogP contribution in [-0.2, 0) is 20.9 Å². The largest absolute Gasteiger partial charge is 0.465 e. The van der Waals surface area contributed by atoms with E-state index in [0.29, 0.717) is 23.7 Å². The molecule has 0 spiro atoms. The summed E-state index contributed by atoms with van der Waals surface area (Å²) in [5.41, 5.74) is 1.49. The molecule has 2 rings (SSSR count). The molecule has 0 saturated carbocycles. The van der Waals surface area contributed by atoms with E-state index in [9.17, 15) is 18.8 Å². The number of hydrogen-bond acceptors (Lipinski definition) is 5. The predicted octanol–water partition coefficient (Wildman–Crippen LogP) is 3.22. The predicted molar refractivity (Wildman–Crippen MR) is 121 cm³/mol. The molecule has 0 fully saturated rings. The molecular weight excluding hydrogens is 413 g/mol. The number of benzene rings is 2. The van der Waals surface area contributed by atoms with Gasteiger partial charge in [-0.05, 0) is 42.7 Å². The van der Waals surface area contributed by atoms with Crippen LogP contribution in [0.25, 0.3) is 0 Å². The number of carbonyl (C=O) groups excluding carboxylic acids is 3. The molecule has 0 aliphatic carbocycles. The minimum atomic E-state index is -0.462. The first-order valence-electron chi connectivity index (χ1n) is 10.6. The molecule has 0 atom stereocenters. The molecule has 0 aliphatic rings. The lowest BCUT2D eigenvalue weighted by atomic mass is 10.1. The molecule has 7 nitrogen and oxygen atoms in total. The molecule has 8 heteroatoms. The number of ether oxygens (including phenoxy) is 1. The highest BCUT2D eigenvalue weighted by Gasteiger charge is 2.18. The molecule has 0 aliphatic heterocycles. The zero-order chi connectivity index (χ0) is 23.5. The third-order valence-corrected chi connectivity index (χ3v) is 4.46. The van der Waals surface area contributed by atoms with Crippen molar-refractivity contribution >= 4 is 23.5 Å². The number of nitrogens with zero attached hydrogens (tertiary/aromatic N) is 1. The molecule has 2 aromatic rings. The number of hydrogen-bond donors (Lipinski definition) is 2. The second-order valence-electron chi connectivity index (χ2n) is 7.77. The normalized spacial score (nSPS) is 10.8. The van der Waals surface area contributed by atoms with Crippen LogP contribution in [0.3, 0.4) is 0 Å². The first kappa shape index (κ1) is 25.0. The quantitative estimate of drug-likeness (QED) is 0.521. The smallest absolute Gasteiger partial charge is 0.320 e. The van der Waals surface area contributed by atoms with Crippen molar-refractivity contribution in [2.45, 2.75) is 27.3 Å². The first-order chi connectivity index (χ1) is 15.3. The van der Waals surface area contributed by atoms with Gasteiger partial charge in [0.05, 0.1) is 30.9 Å². The molecule has 2 N–H and O–H groups in total. The molecular formula is C24H30FN3O4. The summed E-state index contributed by atoms with van der Waals surface area (Å²) >= 11 is 0. The SMILES string of the molecule is CCOC(=O)CN(CC(=O)Nc1ccccc1C(=O)NCC(C)C)Cc1ccc(F)cc1. The van der Waals surface area contributed by atoms with Crippen LogP contribution in [0, 0.1) is 11.7 Å². The lowest BCUT2D eigenvalue weighted by Gasteiger charge is -2.21. The fourth-order valence-corrected chi connectivity index (χ4v) is 2.98. The molecule has 2 amide bonds. The van der Waals surface area contributed by atoms with E-state index in [1.165, 1.54) is 12.1 Å². The Balaban J connectivity index is 2.09. The summed E-state index contributed by atoms with van der Waals surface area (Å²) in [7, 11) is 0. The number of amides is 2. The Morgan fingerprint density at radius 1 is 1.03 bits per heavy atom. The summed E-state index contributed by atoms with van der Waals surface area (Å²) < 4.78 is 18.2. The van der Waals surface area contributed by atoms with Crippen LogP contribution in [0.4, 0.5) is 10.1 Å². The van der Waals surface area contributed by atoms with Gasteiger partial charge in [-0.2, -0.15) is 0 Å². The molecule has 0 heterocycles. The van der Waals surface area contributed by atoms with Gasteiger partial charge >= 0.3 is 5.97 Å². The Hall–Kier alpha value is -3.26. The summed E-state index contributed by atoms with van der Waals surface area (Å²) in [6.07, 6.45) is 0. The maximum Gasteiger partial charge on any atom is 0.320 e. The Bertz CT molecular complexity index is 916. The monoisotopic (exact) mass is 443 g/mol. The van der Waals surface area contributed by atoms with E-state index in [2.05, 4.69) is 10.6 Å². The van der Waals surface area contributed by atoms with Crippen LogP contribution >= 0.6 is 0 Å². The van der Waals surface area contributed by atoms with E-state index in [0.717, 1.165) is 5.56 Å². The van der Waals surface area contributed by atoms with Gasteiger partial charge in [-0.1, -0.05) is 38.1 Å². The average Bonchev–Trinajstić information content (AvgIpc) is 2.74. The van der Waals surface area contributed by atoms with Crippen LogP contribution in [0.2, 0.25) is 0 Å². The van der Waals surface area contributed by atoms with Crippen molar-refractivity contribution < 1.29 is 23.5 Å². The molecule has 2 aromatic carbocycles. The average molecular weight is 444 g/mol. The highest BCUT2D eigenvalue weighted by Crippen LogP contribution is 2.15. The van der Waals surface area contributed by atoms with Crippen molar-refractivity contribution in [2.75, 3.05) is 31.6 Å². The van der Waals surface area contributed by atoms with Gasteiger partial charge in [-0.3, -0.25) is 19.3 Å². The number of anilines is 1. The van der Waals surface area contributed by atoms with Gasteiger partial charge in [0.25, 0.3) is 5.91 Å². The number of esters is 1. The summed E-state index contributed by atoms with van der Waals surface area (Å²) in [6.45, 7) is 6.48. The number of halogens is 1. The van der Waals surface area contributed by atoms with Crippen LogP contribution in [0.1, 0.15) is 36.7 Å². The Labute approximate surface area is 187 Å². The van der Waals surface area contributed by atoms with Gasteiger partial charge in [-0.25, -0.2) is 4.39 Å². The molecule has 32 heavy (non-hydrogen) atoms. The molecule has 0 bridgehead atoms. The van der Waals surface area contributed by atoms with E-state index in [4.69, 9.17) is 4.74 Å². The molecule has 0 saturated heterocycles. The van der Waals surface area contributed by atoms with Crippen molar-refractivity contribution in [3.8, 4) is 0 Å². The zero-order valence-corrected chi connectivity index (χ0v) is 18.7. The highest BCUT2D eigenvalue weighted by atomic mass is 19.1. The van der Waals surface area contributed by atoms with Gasteiger partial charge in [0.2, 0.25) is 5.91 Å². The Morgan fingerprint density at radius 2 is 1.72 bits per heavy atom. The van der Waals surface area contributed by atoms with Gasteiger partial charge in [-0.15, -0.1) is 0 Å². The number of nitrogens with one attached hydrogen (secondary N) is 2. The standard InChI is InChI=1S/C24H30FN3O4/c1-4-32-23(30)16-28(14-18-9-11-19(25)12-10-18)15-22(29)27-21-8-6-5-7-20(21)24(31)26-13-17(2)3/h5-12,17H,4,13-16H2,1-3H3,(H,26,31)(H,27,29). The van der Waals surface area contributed by atoms with Crippen molar-refractivity contribution in [2.24, 2.45) is 5.92 Å². The molecule has 172 valence electrons. The van der Waals surface area contributed by atoms with Crippen molar-refractivity contribution in [3.63, 3.8) is 0 Å². The fraction of sp³-hybridized carbons (Fsp3) is 0.375. The van der Waals surface area contributed by atoms with E-state index in [-0.39, 0.29) is 43.9 Å². The van der Waals surface area contributed by atoms with Crippen LogP contribution in [-0.4, -0.2) is 48.9 Å². The Kier molecular flexibility index (Phi) is 9.81. The van der Waals surface area contributed by atoms with Gasteiger partial charge in [0.15, 0.2) is 0 Å². The third-order valence-electron chi connectivity index (χ3n) is 4.46. The molecule has 0 unspecified atom stereocenters. The second-order valence-corrected chi connectivity index (χ2v) is 7.77. The number of para-hydroxylation sites is 1. The summed E-state index contributed by atoms with van der Waals surface area (Å²) in [5.74, 6) is -1.19. The van der Waals surface area contributed by atoms with Crippen molar-refractivity contribution in [1.82, 2.24) is 10.2 Å². The summed E-state index contributed by atoms with van der Waals surface area (Å²) in [6, 6.07) is 12.6. The highest BCUT2D eigenvalue weighted by molar-refractivity contribution is 6.04. The first-order valence-corrected chi connectivity index (χ1v) is 10.6. The van der Waals surface area contributed by atoms with Crippen LogP contribution in [0.5, 0.6) is 0 Å². The van der Waals surface area contributed by atoms with Gasteiger partial charge in [0, 0.05) is 13.1 Å². The van der Waals surface area contributed by atoms with E-state index < -0.39 is 5.97 Å². The number of carbonyl (C=O) groups is 3. The second kappa shape index (κ2) is 12.6. The summed E-state index contributed by atoms with van der Waals surface area (Å²) in [5, 5.41) is 5.59. The number of rotatable bonds is 11. The fourth-order valence-electron chi connectivity index (χ4n) is 2.98. The van der Waals surface area contributed by atoms with Crippen LogP contribution < -0.4 is 10.6 Å². The van der Waals surface area contributed by atoms with E-state index in [1.807, 2.05) is 13.8 Å². The third kappa shape index (κ3) is 8.47. The Morgan fingerprint density at radius 3 is 2.38 bits per heavy atom. The molecule has 0 aromatic heterocycles. The topological polar surface area (TPSA) is 87.7 Å². The van der Waals surface area contributed by atoms with Crippen LogP contribution in [0.15, 0.2) is 48.5 Å². The van der Waals surface area contributed by atoms with Crippen molar-refractivity contribution in [1.29, 1.82) is 0 Å². The van der Waals surface area contributed by atoms with Gasteiger partial charge in [0.1, 0.15) is 5.82 Å². The van der Waals surface area contributed by atoms with Crippen molar-refractivity contribution in [3.05, 3.63) is 65.5 Å². The summed E-state index contributed by atoms with van der Waals surface area (Å²) in [4.78, 5) is 38.8. The lowest BCUT2D eigenvalue weighted by molar-refractivity contribution is -0.144. The molecule has 0 radical (unpaired) electrons. The van der Waals surface area contributed by atoms with Gasteiger partial charge < -0.3 is 15.4 Å². The maximum absolute atomic E-state index is 13.2. The van der Waals surface area contributed by atoms with E-state index >= 15 is 0 Å². The minimum Gasteiger partial charge on any atom is -0.465 e. The maximum atomic E-state index is 13.2. The zero-order valence-electron chi connectivity index (χ0n) is 18.7. The minimum absolute atomic E-state index is 0.102.